The fourth-order valence-electron chi connectivity index (χ4n) is 2.20. The predicted molar refractivity (Wildman–Crippen MR) is 77.7 cm³/mol. The maximum atomic E-state index is 9.76. The standard InChI is InChI=1S/C15H21N3O2/c1-4-18-9-14(11(3)17-18)10(2)16-8-12-5-6-13(19)7-15(12)20/h5-7,9-10,16,19-20H,4,8H2,1-3H3. The number of nitrogens with one attached hydrogen (secondary N) is 1. The quantitative estimate of drug-likeness (QED) is 0.784. The summed E-state index contributed by atoms with van der Waals surface area (Å²) in [5.41, 5.74) is 2.93. The zero-order valence-electron chi connectivity index (χ0n) is 12.1. The first-order valence-electron chi connectivity index (χ1n) is 6.79. The smallest absolute Gasteiger partial charge is 0.123 e. The van der Waals surface area contributed by atoms with Crippen LogP contribution in [-0.2, 0) is 13.1 Å². The summed E-state index contributed by atoms with van der Waals surface area (Å²) in [7, 11) is 0. The average Bonchev–Trinajstić information content (AvgIpc) is 2.79. The molecule has 0 spiro atoms. The van der Waals surface area contributed by atoms with Gasteiger partial charge in [0, 0.05) is 42.5 Å². The van der Waals surface area contributed by atoms with E-state index in [1.54, 1.807) is 12.1 Å². The Balaban J connectivity index is 2.04. The fraction of sp³-hybridized carbons (Fsp3) is 0.400. The molecular weight excluding hydrogens is 254 g/mol. The molecule has 5 heteroatoms. The fourth-order valence-corrected chi connectivity index (χ4v) is 2.20. The molecule has 0 aliphatic carbocycles. The number of rotatable bonds is 5. The normalized spacial score (nSPS) is 12.6. The summed E-state index contributed by atoms with van der Waals surface area (Å²) in [6, 6.07) is 4.78. The summed E-state index contributed by atoms with van der Waals surface area (Å²) in [4.78, 5) is 0. The van der Waals surface area contributed by atoms with Gasteiger partial charge in [-0.3, -0.25) is 4.68 Å². The molecule has 2 aromatic rings. The van der Waals surface area contributed by atoms with Crippen LogP contribution in [0.1, 0.15) is 36.7 Å². The van der Waals surface area contributed by atoms with Gasteiger partial charge in [0.2, 0.25) is 0 Å². The first-order chi connectivity index (χ1) is 9.51. The van der Waals surface area contributed by atoms with E-state index in [2.05, 4.69) is 24.3 Å². The zero-order chi connectivity index (χ0) is 14.7. The van der Waals surface area contributed by atoms with Crippen LogP contribution in [0.4, 0.5) is 0 Å². The molecule has 0 aliphatic rings. The van der Waals surface area contributed by atoms with Gasteiger partial charge in [0.05, 0.1) is 5.69 Å². The molecule has 0 aliphatic heterocycles. The van der Waals surface area contributed by atoms with Crippen LogP contribution in [0.2, 0.25) is 0 Å². The van der Waals surface area contributed by atoms with Crippen molar-refractivity contribution in [2.45, 2.75) is 39.9 Å². The van der Waals surface area contributed by atoms with E-state index in [4.69, 9.17) is 0 Å². The van der Waals surface area contributed by atoms with Gasteiger partial charge in [0.1, 0.15) is 11.5 Å². The third-order valence-electron chi connectivity index (χ3n) is 3.44. The Morgan fingerprint density at radius 3 is 2.70 bits per heavy atom. The third-order valence-corrected chi connectivity index (χ3v) is 3.44. The number of aryl methyl sites for hydroxylation is 2. The van der Waals surface area contributed by atoms with Crippen LogP contribution in [0.25, 0.3) is 0 Å². The number of hydrogen-bond donors (Lipinski definition) is 3. The summed E-state index contributed by atoms with van der Waals surface area (Å²) < 4.78 is 1.92. The first-order valence-corrected chi connectivity index (χ1v) is 6.79. The van der Waals surface area contributed by atoms with Crippen LogP contribution in [0.3, 0.4) is 0 Å². The second-order valence-electron chi connectivity index (χ2n) is 4.94. The van der Waals surface area contributed by atoms with Crippen molar-refractivity contribution in [3.63, 3.8) is 0 Å². The van der Waals surface area contributed by atoms with E-state index in [1.807, 2.05) is 17.8 Å². The zero-order valence-corrected chi connectivity index (χ0v) is 12.1. The lowest BCUT2D eigenvalue weighted by atomic mass is 10.1. The number of phenolic OH excluding ortho intramolecular Hbond substituents is 2. The van der Waals surface area contributed by atoms with Crippen LogP contribution in [0, 0.1) is 6.92 Å². The van der Waals surface area contributed by atoms with Gasteiger partial charge in [-0.25, -0.2) is 0 Å². The predicted octanol–water partition coefficient (Wildman–Crippen LogP) is 2.47. The van der Waals surface area contributed by atoms with Crippen LogP contribution >= 0.6 is 0 Å². The Morgan fingerprint density at radius 2 is 2.10 bits per heavy atom. The van der Waals surface area contributed by atoms with E-state index in [0.29, 0.717) is 6.54 Å². The van der Waals surface area contributed by atoms with E-state index in [-0.39, 0.29) is 17.5 Å². The molecule has 108 valence electrons. The van der Waals surface area contributed by atoms with Crippen molar-refractivity contribution in [1.82, 2.24) is 15.1 Å². The molecule has 5 nitrogen and oxygen atoms in total. The number of phenols is 2. The van der Waals surface area contributed by atoms with Crippen molar-refractivity contribution in [3.05, 3.63) is 41.2 Å². The molecule has 0 amide bonds. The van der Waals surface area contributed by atoms with Crippen molar-refractivity contribution in [2.24, 2.45) is 0 Å². The molecule has 1 aromatic heterocycles. The van der Waals surface area contributed by atoms with Crippen molar-refractivity contribution < 1.29 is 10.2 Å². The molecule has 3 N–H and O–H groups in total. The second kappa shape index (κ2) is 5.96. The SMILES string of the molecule is CCn1cc(C(C)NCc2ccc(O)cc2O)c(C)n1. The van der Waals surface area contributed by atoms with Crippen LogP contribution in [0.15, 0.2) is 24.4 Å². The molecule has 0 bridgehead atoms. The average molecular weight is 275 g/mol. The Kier molecular flexibility index (Phi) is 4.29. The van der Waals surface area contributed by atoms with E-state index in [0.717, 1.165) is 23.4 Å². The highest BCUT2D eigenvalue weighted by Gasteiger charge is 2.12. The molecular formula is C15H21N3O2. The van der Waals surface area contributed by atoms with Crippen LogP contribution in [-0.4, -0.2) is 20.0 Å². The Morgan fingerprint density at radius 1 is 1.35 bits per heavy atom. The summed E-state index contributed by atoms with van der Waals surface area (Å²) in [5.74, 6) is 0.171. The van der Waals surface area contributed by atoms with E-state index in [9.17, 15) is 10.2 Å². The van der Waals surface area contributed by atoms with Crippen LogP contribution < -0.4 is 5.32 Å². The number of hydrogen-bond acceptors (Lipinski definition) is 4. The van der Waals surface area contributed by atoms with Crippen molar-refractivity contribution >= 4 is 0 Å². The highest BCUT2D eigenvalue weighted by Crippen LogP contribution is 2.23. The number of aromatic nitrogens is 2. The van der Waals surface area contributed by atoms with Gasteiger partial charge in [-0.15, -0.1) is 0 Å². The second-order valence-corrected chi connectivity index (χ2v) is 4.94. The van der Waals surface area contributed by atoms with Gasteiger partial charge in [0.15, 0.2) is 0 Å². The minimum Gasteiger partial charge on any atom is -0.508 e. The van der Waals surface area contributed by atoms with Crippen molar-refractivity contribution in [3.8, 4) is 11.5 Å². The van der Waals surface area contributed by atoms with Gasteiger partial charge < -0.3 is 15.5 Å². The molecule has 1 aromatic carbocycles. The number of nitrogens with zero attached hydrogens (tertiary/aromatic N) is 2. The monoisotopic (exact) mass is 275 g/mol. The van der Waals surface area contributed by atoms with E-state index >= 15 is 0 Å². The molecule has 0 saturated heterocycles. The summed E-state index contributed by atoms with van der Waals surface area (Å²) in [6.07, 6.45) is 2.05. The van der Waals surface area contributed by atoms with Crippen molar-refractivity contribution in [1.29, 1.82) is 0 Å². The topological polar surface area (TPSA) is 70.3 Å². The molecule has 1 heterocycles. The molecule has 0 saturated carbocycles. The Bertz CT molecular complexity index is 593. The number of benzene rings is 1. The molecule has 0 fully saturated rings. The van der Waals surface area contributed by atoms with Gasteiger partial charge in [-0.2, -0.15) is 5.10 Å². The summed E-state index contributed by atoms with van der Waals surface area (Å²) in [5, 5.41) is 26.8. The van der Waals surface area contributed by atoms with Gasteiger partial charge >= 0.3 is 0 Å². The highest BCUT2D eigenvalue weighted by atomic mass is 16.3. The van der Waals surface area contributed by atoms with E-state index < -0.39 is 0 Å². The molecule has 0 radical (unpaired) electrons. The van der Waals surface area contributed by atoms with Crippen LogP contribution in [0.5, 0.6) is 11.5 Å². The van der Waals surface area contributed by atoms with E-state index in [1.165, 1.54) is 6.07 Å². The summed E-state index contributed by atoms with van der Waals surface area (Å²) in [6.45, 7) is 7.51. The third kappa shape index (κ3) is 3.11. The Labute approximate surface area is 118 Å². The molecule has 1 unspecified atom stereocenters. The minimum absolute atomic E-state index is 0.0689. The molecule has 2 rings (SSSR count). The lowest BCUT2D eigenvalue weighted by molar-refractivity contribution is 0.441. The lowest BCUT2D eigenvalue weighted by Crippen LogP contribution is -2.18. The minimum atomic E-state index is 0.0689. The van der Waals surface area contributed by atoms with Gasteiger partial charge in [0.25, 0.3) is 0 Å². The molecule has 1 atom stereocenters. The summed E-state index contributed by atoms with van der Waals surface area (Å²) >= 11 is 0. The first kappa shape index (κ1) is 14.4. The largest absolute Gasteiger partial charge is 0.508 e. The highest BCUT2D eigenvalue weighted by molar-refractivity contribution is 5.38. The lowest BCUT2D eigenvalue weighted by Gasteiger charge is -2.14. The van der Waals surface area contributed by atoms with Gasteiger partial charge in [-0.1, -0.05) is 6.07 Å². The van der Waals surface area contributed by atoms with Crippen molar-refractivity contribution in [2.75, 3.05) is 0 Å². The number of aromatic hydroxyl groups is 2. The molecule has 20 heavy (non-hydrogen) atoms. The van der Waals surface area contributed by atoms with Gasteiger partial charge in [-0.05, 0) is 26.8 Å². The maximum Gasteiger partial charge on any atom is 0.123 e. The Hall–Kier alpha value is -2.01. The maximum absolute atomic E-state index is 9.76.